The van der Waals surface area contributed by atoms with Gasteiger partial charge in [-0.1, -0.05) is 12.1 Å². The maximum absolute atomic E-state index is 15.1. The van der Waals surface area contributed by atoms with E-state index in [0.29, 0.717) is 6.07 Å². The minimum Gasteiger partial charge on any atom is -0.460 e. The quantitative estimate of drug-likeness (QED) is 0.374. The standard InChI is InChI=1S/C22H25F4NO5/c1-11(2)32-21(29)17-13(4)27-12(3)16(20(28)31-10-9-30-5)18(17)14-7-6-8-15(19(14)23)22(24,25)26/h6-8,11,18,27H,9-10H2,1-5H3. The molecule has 32 heavy (non-hydrogen) atoms. The second kappa shape index (κ2) is 10.2. The summed E-state index contributed by atoms with van der Waals surface area (Å²) in [4.78, 5) is 25.7. The summed E-state index contributed by atoms with van der Waals surface area (Å²) in [5.41, 5.74) is -1.93. The number of rotatable bonds is 7. The van der Waals surface area contributed by atoms with Crippen molar-refractivity contribution in [2.45, 2.75) is 45.9 Å². The number of carbonyl (C=O) groups excluding carboxylic acids is 2. The Morgan fingerprint density at radius 2 is 1.66 bits per heavy atom. The number of ether oxygens (including phenoxy) is 3. The van der Waals surface area contributed by atoms with Crippen molar-refractivity contribution in [1.82, 2.24) is 5.32 Å². The molecule has 1 aromatic carbocycles. The Kier molecular flexibility index (Phi) is 8.06. The van der Waals surface area contributed by atoms with Crippen molar-refractivity contribution in [3.8, 4) is 0 Å². The van der Waals surface area contributed by atoms with E-state index in [1.54, 1.807) is 13.8 Å². The van der Waals surface area contributed by atoms with E-state index in [9.17, 15) is 22.8 Å². The number of nitrogens with one attached hydrogen (secondary N) is 1. The second-order valence-electron chi connectivity index (χ2n) is 7.42. The Labute approximate surface area is 183 Å². The minimum atomic E-state index is -4.97. The van der Waals surface area contributed by atoms with Crippen LogP contribution in [0.1, 0.15) is 44.7 Å². The van der Waals surface area contributed by atoms with Gasteiger partial charge in [-0.15, -0.1) is 0 Å². The van der Waals surface area contributed by atoms with Crippen molar-refractivity contribution >= 4 is 11.9 Å². The van der Waals surface area contributed by atoms with Crippen LogP contribution in [-0.2, 0) is 30.0 Å². The van der Waals surface area contributed by atoms with E-state index in [-0.39, 0.29) is 35.8 Å². The fourth-order valence-electron chi connectivity index (χ4n) is 3.41. The fourth-order valence-corrected chi connectivity index (χ4v) is 3.41. The molecule has 0 aromatic heterocycles. The summed E-state index contributed by atoms with van der Waals surface area (Å²) in [6, 6.07) is 2.72. The number of hydrogen-bond acceptors (Lipinski definition) is 6. The third-order valence-corrected chi connectivity index (χ3v) is 4.71. The first-order valence-corrected chi connectivity index (χ1v) is 9.81. The molecule has 0 spiro atoms. The molecule has 0 radical (unpaired) electrons. The van der Waals surface area contributed by atoms with Crippen LogP contribution in [0.15, 0.2) is 40.7 Å². The Hall–Kier alpha value is -2.88. The first-order chi connectivity index (χ1) is 14.9. The molecular formula is C22H25F4NO5. The minimum absolute atomic E-state index is 0.0746. The smallest absolute Gasteiger partial charge is 0.419 e. The highest BCUT2D eigenvalue weighted by Crippen LogP contribution is 2.43. The Balaban J connectivity index is 2.71. The summed E-state index contributed by atoms with van der Waals surface area (Å²) in [6.07, 6.45) is -5.53. The van der Waals surface area contributed by atoms with Crippen molar-refractivity contribution < 1.29 is 41.4 Å². The number of methoxy groups -OCH3 is 1. The molecular weight excluding hydrogens is 434 g/mol. The van der Waals surface area contributed by atoms with Gasteiger partial charge in [-0.3, -0.25) is 0 Å². The fraction of sp³-hybridized carbons (Fsp3) is 0.455. The molecule has 1 N–H and O–H groups in total. The molecule has 1 unspecified atom stereocenters. The predicted molar refractivity (Wildman–Crippen MR) is 107 cm³/mol. The van der Waals surface area contributed by atoms with E-state index in [0.717, 1.165) is 12.1 Å². The summed E-state index contributed by atoms with van der Waals surface area (Å²) in [5.74, 6) is -4.86. The van der Waals surface area contributed by atoms with E-state index in [1.807, 2.05) is 0 Å². The third-order valence-electron chi connectivity index (χ3n) is 4.71. The lowest BCUT2D eigenvalue weighted by Gasteiger charge is -2.31. The number of benzene rings is 1. The largest absolute Gasteiger partial charge is 0.460 e. The van der Waals surface area contributed by atoms with Crippen LogP contribution >= 0.6 is 0 Å². The summed E-state index contributed by atoms with van der Waals surface area (Å²) < 4.78 is 70.4. The van der Waals surface area contributed by atoms with Crippen LogP contribution in [0.5, 0.6) is 0 Å². The van der Waals surface area contributed by atoms with Crippen LogP contribution in [0, 0.1) is 5.82 Å². The van der Waals surface area contributed by atoms with Crippen molar-refractivity contribution in [2.24, 2.45) is 0 Å². The van der Waals surface area contributed by atoms with Gasteiger partial charge < -0.3 is 19.5 Å². The topological polar surface area (TPSA) is 73.9 Å². The van der Waals surface area contributed by atoms with Crippen LogP contribution in [0.2, 0.25) is 0 Å². The highest BCUT2D eigenvalue weighted by Gasteiger charge is 2.42. The number of dihydropyridines is 1. The average Bonchev–Trinajstić information content (AvgIpc) is 2.66. The third kappa shape index (κ3) is 5.48. The Morgan fingerprint density at radius 1 is 1.06 bits per heavy atom. The van der Waals surface area contributed by atoms with Gasteiger partial charge in [0.1, 0.15) is 12.4 Å². The summed E-state index contributed by atoms with van der Waals surface area (Å²) >= 11 is 0. The molecule has 1 aliphatic rings. The number of allylic oxidation sites excluding steroid dienone is 2. The lowest BCUT2D eigenvalue weighted by atomic mass is 9.79. The molecule has 0 fully saturated rings. The molecule has 1 atom stereocenters. The van der Waals surface area contributed by atoms with Gasteiger partial charge in [0.25, 0.3) is 0 Å². The van der Waals surface area contributed by atoms with Crippen LogP contribution in [0.4, 0.5) is 17.6 Å². The normalized spacial score (nSPS) is 16.9. The number of hydrogen-bond donors (Lipinski definition) is 1. The SMILES string of the molecule is COCCOC(=O)C1=C(C)NC(C)=C(C(=O)OC(C)C)C1c1cccc(C(F)(F)F)c1F. The van der Waals surface area contributed by atoms with Gasteiger partial charge in [0.05, 0.1) is 35.3 Å². The van der Waals surface area contributed by atoms with Gasteiger partial charge in [-0.05, 0) is 33.8 Å². The van der Waals surface area contributed by atoms with E-state index in [4.69, 9.17) is 14.2 Å². The van der Waals surface area contributed by atoms with Crippen molar-refractivity contribution in [2.75, 3.05) is 20.3 Å². The van der Waals surface area contributed by atoms with Gasteiger partial charge in [0.2, 0.25) is 0 Å². The molecule has 0 aliphatic carbocycles. The summed E-state index contributed by atoms with van der Waals surface area (Å²) in [6.45, 7) is 6.09. The molecule has 176 valence electrons. The van der Waals surface area contributed by atoms with Crippen LogP contribution in [0.3, 0.4) is 0 Å². The molecule has 0 saturated heterocycles. The molecule has 0 amide bonds. The first-order valence-electron chi connectivity index (χ1n) is 9.81. The van der Waals surface area contributed by atoms with Gasteiger partial charge >= 0.3 is 18.1 Å². The van der Waals surface area contributed by atoms with Crippen molar-refractivity contribution in [1.29, 1.82) is 0 Å². The zero-order valence-corrected chi connectivity index (χ0v) is 18.4. The Bertz CT molecular complexity index is 950. The molecule has 0 saturated carbocycles. The first kappa shape index (κ1) is 25.4. The van der Waals surface area contributed by atoms with Crippen molar-refractivity contribution in [3.05, 3.63) is 57.7 Å². The zero-order chi connectivity index (χ0) is 24.2. The van der Waals surface area contributed by atoms with E-state index in [2.05, 4.69) is 5.32 Å². The predicted octanol–water partition coefficient (Wildman–Crippen LogP) is 4.22. The molecule has 2 rings (SSSR count). The number of carbonyl (C=O) groups is 2. The maximum Gasteiger partial charge on any atom is 0.419 e. The zero-order valence-electron chi connectivity index (χ0n) is 18.4. The van der Waals surface area contributed by atoms with Gasteiger partial charge in [0, 0.05) is 24.1 Å². The number of halogens is 4. The van der Waals surface area contributed by atoms with Crippen molar-refractivity contribution in [3.63, 3.8) is 0 Å². The van der Waals surface area contributed by atoms with Gasteiger partial charge in [0.15, 0.2) is 0 Å². The van der Waals surface area contributed by atoms with E-state index < -0.39 is 47.1 Å². The van der Waals surface area contributed by atoms with E-state index >= 15 is 4.39 Å². The lowest BCUT2D eigenvalue weighted by molar-refractivity contribution is -0.143. The van der Waals surface area contributed by atoms with E-state index in [1.165, 1.54) is 21.0 Å². The number of alkyl halides is 3. The molecule has 1 aliphatic heterocycles. The Morgan fingerprint density at radius 3 is 2.19 bits per heavy atom. The summed E-state index contributed by atoms with van der Waals surface area (Å²) in [5, 5.41) is 2.85. The number of esters is 2. The van der Waals surface area contributed by atoms with Gasteiger partial charge in [-0.25, -0.2) is 14.0 Å². The van der Waals surface area contributed by atoms with Crippen LogP contribution < -0.4 is 5.32 Å². The monoisotopic (exact) mass is 459 g/mol. The second-order valence-corrected chi connectivity index (χ2v) is 7.42. The maximum atomic E-state index is 15.1. The van der Waals surface area contributed by atoms with Crippen LogP contribution in [-0.4, -0.2) is 38.4 Å². The molecule has 6 nitrogen and oxygen atoms in total. The lowest BCUT2D eigenvalue weighted by Crippen LogP contribution is -2.34. The van der Waals surface area contributed by atoms with Crippen LogP contribution in [0.25, 0.3) is 0 Å². The molecule has 10 heteroatoms. The summed E-state index contributed by atoms with van der Waals surface area (Å²) in [7, 11) is 1.40. The molecule has 1 heterocycles. The highest BCUT2D eigenvalue weighted by atomic mass is 19.4. The highest BCUT2D eigenvalue weighted by molar-refractivity contribution is 6.00. The molecule has 1 aromatic rings. The molecule has 0 bridgehead atoms. The average molecular weight is 459 g/mol. The van der Waals surface area contributed by atoms with Gasteiger partial charge in [-0.2, -0.15) is 13.2 Å².